The van der Waals surface area contributed by atoms with Crippen molar-refractivity contribution in [2.45, 2.75) is 31.3 Å². The minimum atomic E-state index is -0.0675. The van der Waals surface area contributed by atoms with Crippen molar-refractivity contribution < 1.29 is 0 Å². The maximum Gasteiger partial charge on any atom is 0.347 e. The predicted octanol–water partition coefficient (Wildman–Crippen LogP) is 0.120. The minimum Gasteiger partial charge on any atom is -0.246 e. The molecule has 2 aliphatic heterocycles. The summed E-state index contributed by atoms with van der Waals surface area (Å²) in [6.45, 7) is 0. The zero-order chi connectivity index (χ0) is 12.5. The summed E-state index contributed by atoms with van der Waals surface area (Å²) < 4.78 is 5.08. The Morgan fingerprint density at radius 2 is 1.42 bits per heavy atom. The Morgan fingerprint density at radius 1 is 0.947 bits per heavy atom. The lowest BCUT2D eigenvalue weighted by Gasteiger charge is -3.00. The van der Waals surface area contributed by atoms with Crippen LogP contribution < -0.4 is 11.4 Å². The number of nitrogens with zero attached hydrogens (tertiary/aromatic N) is 3. The van der Waals surface area contributed by atoms with E-state index in [-0.39, 0.29) is 11.4 Å². The van der Waals surface area contributed by atoms with Crippen LogP contribution in [-0.4, -0.2) is 13.9 Å². The first kappa shape index (κ1) is 8.82. The summed E-state index contributed by atoms with van der Waals surface area (Å²) in [5.74, 6) is 3.35. The molecule has 0 radical (unpaired) electrons. The van der Waals surface area contributed by atoms with E-state index in [9.17, 15) is 9.59 Å². The molecule has 1 aromatic rings. The molecule has 8 unspecified atom stereocenters. The summed E-state index contributed by atoms with van der Waals surface area (Å²) in [7, 11) is 1.64. The van der Waals surface area contributed by atoms with Crippen molar-refractivity contribution in [1.82, 2.24) is 13.9 Å². The summed E-state index contributed by atoms with van der Waals surface area (Å²) in [6.07, 6.45) is 3.95. The molecule has 5 heteroatoms. The lowest BCUT2D eigenvalue weighted by Crippen LogP contribution is -2.99. The highest BCUT2D eigenvalue weighted by Crippen LogP contribution is 3.05. The molecule has 8 atom stereocenters. The zero-order valence-electron chi connectivity index (χ0n) is 10.7. The molecule has 7 aliphatic rings. The van der Waals surface area contributed by atoms with Crippen LogP contribution in [0.5, 0.6) is 0 Å². The van der Waals surface area contributed by atoms with Crippen LogP contribution in [0.25, 0.3) is 0 Å². The van der Waals surface area contributed by atoms with E-state index < -0.39 is 0 Å². The minimum absolute atomic E-state index is 0.0675. The van der Waals surface area contributed by atoms with Crippen LogP contribution in [0.2, 0.25) is 0 Å². The first-order valence-corrected chi connectivity index (χ1v) is 7.58. The van der Waals surface area contributed by atoms with Gasteiger partial charge in [-0.1, -0.05) is 6.42 Å². The van der Waals surface area contributed by atoms with Crippen LogP contribution in [0.15, 0.2) is 9.59 Å². The Labute approximate surface area is 108 Å². The third kappa shape index (κ3) is 0.432. The van der Waals surface area contributed by atoms with Gasteiger partial charge in [0, 0.05) is 17.9 Å². The number of aromatic nitrogens is 3. The first-order valence-electron chi connectivity index (χ1n) is 7.58. The van der Waals surface area contributed by atoms with Gasteiger partial charge in [-0.3, -0.25) is 0 Å². The Kier molecular flexibility index (Phi) is 0.881. The smallest absolute Gasteiger partial charge is 0.246 e. The maximum absolute atomic E-state index is 12.4. The summed E-state index contributed by atoms with van der Waals surface area (Å²) >= 11 is 0. The largest absolute Gasteiger partial charge is 0.347 e. The van der Waals surface area contributed by atoms with Crippen LogP contribution in [0.1, 0.15) is 31.3 Å². The highest BCUT2D eigenvalue weighted by molar-refractivity contribution is 5.49. The molecule has 0 amide bonds. The van der Waals surface area contributed by atoms with E-state index in [1.807, 2.05) is 9.36 Å². The number of hydrogen-bond acceptors (Lipinski definition) is 2. The van der Waals surface area contributed by atoms with Crippen LogP contribution in [0, 0.1) is 34.5 Å². The lowest BCUT2D eigenvalue weighted by atomic mass is 9.06. The van der Waals surface area contributed by atoms with Crippen molar-refractivity contribution in [3.05, 3.63) is 21.0 Å². The van der Waals surface area contributed by atoms with Gasteiger partial charge in [-0.15, -0.1) is 0 Å². The van der Waals surface area contributed by atoms with Crippen molar-refractivity contribution in [3.63, 3.8) is 0 Å². The van der Waals surface area contributed by atoms with E-state index in [1.54, 1.807) is 7.05 Å². The van der Waals surface area contributed by atoms with Crippen molar-refractivity contribution in [2.75, 3.05) is 0 Å². The second kappa shape index (κ2) is 1.90. The highest BCUT2D eigenvalue weighted by atomic mass is 16.2. The topological polar surface area (TPSA) is 48.9 Å². The third-order valence-corrected chi connectivity index (χ3v) is 8.41. The molecule has 2 bridgehead atoms. The van der Waals surface area contributed by atoms with Crippen LogP contribution in [-0.2, 0) is 7.05 Å². The third-order valence-electron chi connectivity index (χ3n) is 8.41. The van der Waals surface area contributed by atoms with Gasteiger partial charge in [0.2, 0.25) is 0 Å². The summed E-state index contributed by atoms with van der Waals surface area (Å²) in [4.78, 5) is 24.8. The SMILES string of the molecule is Cn1c(=O)n2n(c1=O)C1C3C4C5C3C13CCCC53C42. The van der Waals surface area contributed by atoms with E-state index in [1.165, 1.54) is 23.8 Å². The molecule has 0 saturated heterocycles. The summed E-state index contributed by atoms with van der Waals surface area (Å²) in [5, 5.41) is 0. The van der Waals surface area contributed by atoms with Gasteiger partial charge >= 0.3 is 11.4 Å². The van der Waals surface area contributed by atoms with Crippen molar-refractivity contribution in [3.8, 4) is 0 Å². The Bertz CT molecular complexity index is 765. The fraction of sp³-hybridized carbons (Fsp3) is 0.857. The average Bonchev–Trinajstić information content (AvgIpc) is 2.87. The van der Waals surface area contributed by atoms with Crippen LogP contribution in [0.3, 0.4) is 0 Å². The van der Waals surface area contributed by atoms with Gasteiger partial charge < -0.3 is 0 Å². The molecule has 0 N–H and O–H groups in total. The molecule has 1 aromatic heterocycles. The first-order chi connectivity index (χ1) is 9.18. The lowest BCUT2D eigenvalue weighted by molar-refractivity contribution is -0.541. The second-order valence-corrected chi connectivity index (χ2v) is 7.84. The van der Waals surface area contributed by atoms with Crippen LogP contribution in [0.4, 0.5) is 0 Å². The molecule has 2 spiro atoms. The quantitative estimate of drug-likeness (QED) is 0.663. The molecule has 5 saturated carbocycles. The Morgan fingerprint density at radius 3 is 1.89 bits per heavy atom. The van der Waals surface area contributed by atoms with Gasteiger partial charge in [0.15, 0.2) is 0 Å². The van der Waals surface area contributed by atoms with Gasteiger partial charge in [0.25, 0.3) is 0 Å². The Hall–Kier alpha value is -1.26. The second-order valence-electron chi connectivity index (χ2n) is 7.84. The van der Waals surface area contributed by atoms with Gasteiger partial charge in [-0.25, -0.2) is 23.5 Å². The number of hydrogen-bond donors (Lipinski definition) is 0. The van der Waals surface area contributed by atoms with Gasteiger partial charge in [-0.2, -0.15) is 0 Å². The standard InChI is InChI=1S/C14H15N3O2/c1-15-11(18)16-9-5-6-8-7(5)13(9)3-2-4-14(8,13)10(6)17(16)12(15)19/h5-10H,2-4H2,1H3. The van der Waals surface area contributed by atoms with Crippen molar-refractivity contribution in [2.24, 2.45) is 41.5 Å². The summed E-state index contributed by atoms with van der Waals surface area (Å²) in [5.41, 5.74) is 0.753. The fourth-order valence-corrected chi connectivity index (χ4v) is 8.48. The van der Waals surface area contributed by atoms with E-state index in [0.717, 1.165) is 23.7 Å². The summed E-state index contributed by atoms with van der Waals surface area (Å²) in [6, 6.07) is 0.753. The molecule has 98 valence electrons. The fourth-order valence-electron chi connectivity index (χ4n) is 8.48. The van der Waals surface area contributed by atoms with Crippen molar-refractivity contribution in [1.29, 1.82) is 0 Å². The van der Waals surface area contributed by atoms with E-state index in [0.29, 0.717) is 22.9 Å². The molecule has 5 fully saturated rings. The van der Waals surface area contributed by atoms with E-state index in [4.69, 9.17) is 0 Å². The molecule has 5 nitrogen and oxygen atoms in total. The molecular weight excluding hydrogens is 242 g/mol. The monoisotopic (exact) mass is 257 g/mol. The van der Waals surface area contributed by atoms with E-state index >= 15 is 0 Å². The highest BCUT2D eigenvalue weighted by Gasteiger charge is 3.03. The molecule has 5 aliphatic carbocycles. The zero-order valence-corrected chi connectivity index (χ0v) is 10.7. The number of rotatable bonds is 0. The van der Waals surface area contributed by atoms with Gasteiger partial charge in [-0.05, 0) is 36.5 Å². The average molecular weight is 257 g/mol. The van der Waals surface area contributed by atoms with Gasteiger partial charge in [0.1, 0.15) is 0 Å². The Balaban J connectivity index is 1.69. The molecule has 8 rings (SSSR count). The molecule has 0 aromatic carbocycles. The van der Waals surface area contributed by atoms with Gasteiger partial charge in [0.05, 0.1) is 12.1 Å². The molecule has 19 heavy (non-hydrogen) atoms. The predicted molar refractivity (Wildman–Crippen MR) is 64.7 cm³/mol. The molecular formula is C14H15N3O2. The van der Waals surface area contributed by atoms with Crippen LogP contribution >= 0.6 is 0 Å². The molecule has 3 heterocycles. The maximum atomic E-state index is 12.4. The van der Waals surface area contributed by atoms with Crippen molar-refractivity contribution >= 4 is 0 Å². The van der Waals surface area contributed by atoms with E-state index in [2.05, 4.69) is 0 Å². The normalized spacial score (nSPS) is 63.2.